The van der Waals surface area contributed by atoms with Crippen LogP contribution in [0.3, 0.4) is 0 Å². The van der Waals surface area contributed by atoms with Gasteiger partial charge in [0, 0.05) is 0 Å². The molecule has 0 aliphatic rings. The Morgan fingerprint density at radius 3 is 1.22 bits per heavy atom. The minimum absolute atomic E-state index is 0.323. The summed E-state index contributed by atoms with van der Waals surface area (Å²) in [5, 5.41) is 1.12. The predicted octanol–water partition coefficient (Wildman–Crippen LogP) is 6.61. The van der Waals surface area contributed by atoms with Gasteiger partial charge in [-0.3, -0.25) is 0 Å². The Hall–Kier alpha value is -1.49. The van der Waals surface area contributed by atoms with Crippen molar-refractivity contribution in [2.75, 3.05) is 0 Å². The van der Waals surface area contributed by atoms with Gasteiger partial charge in [0.2, 0.25) is 0 Å². The summed E-state index contributed by atoms with van der Waals surface area (Å²) in [4.78, 5) is 26.1. The highest BCUT2D eigenvalue weighted by Gasteiger charge is 2.34. The molecule has 4 rings (SSSR count). The average Bonchev–Trinajstić information content (AvgIpc) is 3.45. The summed E-state index contributed by atoms with van der Waals surface area (Å²) in [7, 11) is -3.33. The highest BCUT2D eigenvalue weighted by molar-refractivity contribution is 7.33. The van der Waals surface area contributed by atoms with Crippen LogP contribution in [0, 0.1) is 0 Å². The van der Waals surface area contributed by atoms with Crippen LogP contribution in [0.2, 0.25) is 36.3 Å². The topological polar surface area (TPSA) is 60.4 Å². The summed E-state index contributed by atoms with van der Waals surface area (Å²) < 4.78 is 15.9. The third-order valence-corrected chi connectivity index (χ3v) is 23.6. The molecule has 0 amide bonds. The molecule has 32 heavy (non-hydrogen) atoms. The van der Waals surface area contributed by atoms with Crippen LogP contribution in [0.15, 0.2) is 30.6 Å². The zero-order chi connectivity index (χ0) is 23.3. The molecule has 0 atom stereocenters. The lowest BCUT2D eigenvalue weighted by molar-refractivity contribution is 0.532. The number of hydrogen-bond acceptors (Lipinski definition) is 6. The van der Waals surface area contributed by atoms with Gasteiger partial charge in [-0.1, -0.05) is 77.8 Å². The smallest absolute Gasteiger partial charge is 0.345 e. The number of fused-ring (bicyclic) bond motifs is 5. The molecule has 0 aliphatic heterocycles. The van der Waals surface area contributed by atoms with E-state index >= 15 is 0 Å². The molecule has 4 nitrogen and oxygen atoms in total. The molecule has 0 spiro atoms. The van der Waals surface area contributed by atoms with Gasteiger partial charge >= 0.3 is 11.3 Å². The summed E-state index contributed by atoms with van der Waals surface area (Å²) in [5.74, 6) is 0. The second kappa shape index (κ2) is 8.70. The van der Waals surface area contributed by atoms with E-state index < -0.39 is 16.1 Å². The lowest BCUT2D eigenvalue weighted by atomic mass is 10.3. The molecule has 0 N–H and O–H groups in total. The van der Waals surface area contributed by atoms with E-state index in [-0.39, 0.29) is 11.3 Å². The van der Waals surface area contributed by atoms with E-state index in [0.717, 1.165) is 45.7 Å². The zero-order valence-corrected chi connectivity index (χ0v) is 23.5. The van der Waals surface area contributed by atoms with Crippen LogP contribution in [0.25, 0.3) is 31.3 Å². The van der Waals surface area contributed by atoms with Crippen LogP contribution in [0.4, 0.5) is 0 Å². The number of rotatable bonds is 8. The molecule has 0 unspecified atom stereocenters. The van der Waals surface area contributed by atoms with Crippen LogP contribution in [0.1, 0.15) is 41.5 Å². The predicted molar refractivity (Wildman–Crippen MR) is 145 cm³/mol. The van der Waals surface area contributed by atoms with E-state index in [1.807, 2.05) is 12.1 Å². The summed E-state index contributed by atoms with van der Waals surface area (Å²) in [6.45, 7) is 13.5. The molecule has 8 heteroatoms. The largest absolute Gasteiger partial charge is 0.417 e. The second-order valence-electron chi connectivity index (χ2n) is 8.83. The van der Waals surface area contributed by atoms with Crippen LogP contribution < -0.4 is 20.3 Å². The van der Waals surface area contributed by atoms with Crippen molar-refractivity contribution in [3.05, 3.63) is 33.0 Å². The summed E-state index contributed by atoms with van der Waals surface area (Å²) in [6.07, 6.45) is 0. The Kier molecular flexibility index (Phi) is 6.43. The Balaban J connectivity index is 2.08. The minimum atomic E-state index is -1.66. The van der Waals surface area contributed by atoms with E-state index in [9.17, 15) is 9.59 Å². The minimum Gasteiger partial charge on any atom is -0.417 e. The highest BCUT2D eigenvalue weighted by Crippen LogP contribution is 2.35. The van der Waals surface area contributed by atoms with Crippen molar-refractivity contribution in [3.63, 3.8) is 0 Å². The molecule has 0 fully saturated rings. The van der Waals surface area contributed by atoms with Crippen LogP contribution >= 0.6 is 22.7 Å². The standard InChI is InChI=1S/C24H32O4S2Si2/c1-7-31(8-2,9-3)17-13-15-21(29-17)19-20(28-23(15)25)22-16(24(26)27-19)14-18(30-22)32(10-4,11-5)12-6/h13-14H,7-12H2,1-6H3. The maximum Gasteiger partial charge on any atom is 0.345 e. The SMILES string of the molecule is CC[Si](CC)(CC)c1cc2c(=O)oc3c(oc(=O)c4cc([Si](CC)(CC)CC)sc43)c2s1. The number of hydrogen-bond donors (Lipinski definition) is 0. The van der Waals surface area contributed by atoms with Gasteiger partial charge in [0.1, 0.15) is 0 Å². The van der Waals surface area contributed by atoms with Gasteiger partial charge in [0.25, 0.3) is 0 Å². The van der Waals surface area contributed by atoms with Crippen molar-refractivity contribution < 1.29 is 8.83 Å². The molecule has 0 bridgehead atoms. The zero-order valence-electron chi connectivity index (χ0n) is 19.8. The van der Waals surface area contributed by atoms with Gasteiger partial charge in [-0.15, -0.1) is 22.7 Å². The third-order valence-electron chi connectivity index (χ3n) is 8.02. The molecular weight excluding hydrogens is 473 g/mol. The van der Waals surface area contributed by atoms with Gasteiger partial charge in [0.05, 0.1) is 36.3 Å². The molecule has 4 aromatic heterocycles. The van der Waals surface area contributed by atoms with Gasteiger partial charge in [-0.2, -0.15) is 0 Å². The fourth-order valence-corrected chi connectivity index (χ4v) is 17.9. The van der Waals surface area contributed by atoms with E-state index in [1.165, 1.54) is 9.00 Å². The van der Waals surface area contributed by atoms with E-state index in [2.05, 4.69) is 41.5 Å². The normalized spacial score (nSPS) is 13.1. The molecule has 4 aromatic rings. The van der Waals surface area contributed by atoms with Crippen LogP contribution in [-0.4, -0.2) is 16.1 Å². The van der Waals surface area contributed by atoms with E-state index in [1.54, 1.807) is 22.7 Å². The molecule has 0 saturated heterocycles. The molecule has 0 saturated carbocycles. The van der Waals surface area contributed by atoms with Crippen molar-refractivity contribution in [1.82, 2.24) is 0 Å². The first-order valence-electron chi connectivity index (χ1n) is 11.8. The van der Waals surface area contributed by atoms with Crippen molar-refractivity contribution in [2.24, 2.45) is 0 Å². The van der Waals surface area contributed by atoms with Gasteiger partial charge in [-0.25, -0.2) is 9.59 Å². The highest BCUT2D eigenvalue weighted by atomic mass is 32.1. The lowest BCUT2D eigenvalue weighted by Crippen LogP contribution is -2.43. The first-order chi connectivity index (χ1) is 15.3. The maximum absolute atomic E-state index is 13.0. The Morgan fingerprint density at radius 2 is 0.938 bits per heavy atom. The van der Waals surface area contributed by atoms with Crippen molar-refractivity contribution >= 4 is 79.2 Å². The molecular formula is C24H32O4S2Si2. The fourth-order valence-electron chi connectivity index (χ4n) is 5.18. The molecule has 4 heterocycles. The Morgan fingerprint density at radius 1 is 0.625 bits per heavy atom. The van der Waals surface area contributed by atoms with Crippen molar-refractivity contribution in [3.8, 4) is 0 Å². The first kappa shape index (κ1) is 23.7. The summed E-state index contributed by atoms with van der Waals surface area (Å²) >= 11 is 3.29. The number of thiophene rings is 2. The van der Waals surface area contributed by atoms with E-state index in [4.69, 9.17) is 8.83 Å². The molecule has 0 aliphatic carbocycles. The molecule has 0 radical (unpaired) electrons. The third kappa shape index (κ3) is 3.33. The molecule has 0 aromatic carbocycles. The quantitative estimate of drug-likeness (QED) is 0.253. The second-order valence-corrected chi connectivity index (χ2v) is 22.1. The Labute approximate surface area is 198 Å². The summed E-state index contributed by atoms with van der Waals surface area (Å²) in [6, 6.07) is 10.9. The van der Waals surface area contributed by atoms with Gasteiger partial charge in [0.15, 0.2) is 11.2 Å². The Bertz CT molecular complexity index is 1280. The first-order valence-corrected chi connectivity index (χ1v) is 18.7. The molecule has 172 valence electrons. The van der Waals surface area contributed by atoms with Gasteiger partial charge in [-0.05, 0) is 21.1 Å². The lowest BCUT2D eigenvalue weighted by Gasteiger charge is -2.26. The van der Waals surface area contributed by atoms with Crippen LogP contribution in [0.5, 0.6) is 0 Å². The van der Waals surface area contributed by atoms with Crippen LogP contribution in [-0.2, 0) is 0 Å². The van der Waals surface area contributed by atoms with Crippen molar-refractivity contribution in [2.45, 2.75) is 77.8 Å². The summed E-state index contributed by atoms with van der Waals surface area (Å²) in [5.41, 5.74) is 0.252. The van der Waals surface area contributed by atoms with Crippen molar-refractivity contribution in [1.29, 1.82) is 0 Å². The average molecular weight is 505 g/mol. The maximum atomic E-state index is 13.0. The van der Waals surface area contributed by atoms with E-state index in [0.29, 0.717) is 21.9 Å². The van der Waals surface area contributed by atoms with Gasteiger partial charge < -0.3 is 8.83 Å². The fraction of sp³-hybridized carbons (Fsp3) is 0.500. The monoisotopic (exact) mass is 504 g/mol.